The van der Waals surface area contributed by atoms with E-state index in [4.69, 9.17) is 0 Å². The second kappa shape index (κ2) is 4.57. The summed E-state index contributed by atoms with van der Waals surface area (Å²) in [5.41, 5.74) is -1.17. The maximum atomic E-state index is 12.9. The number of carbonyl (C=O) groups excluding carboxylic acids is 1. The molecule has 4 saturated carbocycles. The molecule has 124 valence electrons. The van der Waals surface area contributed by atoms with Gasteiger partial charge in [0.15, 0.2) is 5.78 Å². The molecular formula is C19H30O3. The van der Waals surface area contributed by atoms with Crippen LogP contribution in [0.4, 0.5) is 0 Å². The van der Waals surface area contributed by atoms with Crippen LogP contribution in [0.2, 0.25) is 0 Å². The summed E-state index contributed by atoms with van der Waals surface area (Å²) in [7, 11) is 0. The number of Topliss-reactive ketones (excluding diaryl/α,β-unsaturated/α-hetero) is 1. The fourth-order valence-corrected chi connectivity index (χ4v) is 7.01. The lowest BCUT2D eigenvalue weighted by Crippen LogP contribution is -2.66. The lowest BCUT2D eigenvalue weighted by Gasteiger charge is -2.62. The number of rotatable bonds is 0. The predicted octanol–water partition coefficient (Wildman–Crippen LogP) is 3.07. The summed E-state index contributed by atoms with van der Waals surface area (Å²) < 4.78 is 0. The molecule has 7 atom stereocenters. The van der Waals surface area contributed by atoms with Gasteiger partial charge in [-0.1, -0.05) is 20.3 Å². The zero-order valence-electron chi connectivity index (χ0n) is 14.0. The standard InChI is InChI=1S/C19H30O3/c1-17-7-3-4-14(17)13-10-16(21)19(22)11-12(20)5-9-18(19,2)15(13)6-8-17/h12-15,20,22H,3-11H2,1-2H3/t12-,13?,14?,15?,17-,18+,19-/m1/s1. The van der Waals surface area contributed by atoms with Gasteiger partial charge in [-0.25, -0.2) is 0 Å². The number of hydrogen-bond acceptors (Lipinski definition) is 3. The lowest BCUT2D eigenvalue weighted by molar-refractivity contribution is -0.211. The molecule has 0 amide bonds. The van der Waals surface area contributed by atoms with Crippen molar-refractivity contribution in [2.75, 3.05) is 0 Å². The van der Waals surface area contributed by atoms with Gasteiger partial charge >= 0.3 is 0 Å². The van der Waals surface area contributed by atoms with Crippen molar-refractivity contribution in [2.45, 2.75) is 83.3 Å². The van der Waals surface area contributed by atoms with Crippen molar-refractivity contribution in [1.29, 1.82) is 0 Å². The summed E-state index contributed by atoms with van der Waals surface area (Å²) in [6.45, 7) is 4.57. The van der Waals surface area contributed by atoms with Gasteiger partial charge in [-0.3, -0.25) is 4.79 Å². The Labute approximate surface area is 133 Å². The van der Waals surface area contributed by atoms with Gasteiger partial charge in [-0.2, -0.15) is 0 Å². The molecule has 3 heteroatoms. The molecule has 22 heavy (non-hydrogen) atoms. The predicted molar refractivity (Wildman–Crippen MR) is 84.2 cm³/mol. The highest BCUT2D eigenvalue weighted by atomic mass is 16.3. The van der Waals surface area contributed by atoms with E-state index in [0.717, 1.165) is 19.3 Å². The second-order valence-electron chi connectivity index (χ2n) is 9.26. The zero-order valence-corrected chi connectivity index (χ0v) is 14.0. The maximum absolute atomic E-state index is 12.9. The van der Waals surface area contributed by atoms with E-state index in [9.17, 15) is 15.0 Å². The molecule has 0 bridgehead atoms. The van der Waals surface area contributed by atoms with E-state index in [2.05, 4.69) is 13.8 Å². The number of aliphatic hydroxyl groups excluding tert-OH is 1. The van der Waals surface area contributed by atoms with Gasteiger partial charge in [0.1, 0.15) is 5.60 Å². The van der Waals surface area contributed by atoms with Gasteiger partial charge in [-0.15, -0.1) is 0 Å². The van der Waals surface area contributed by atoms with Crippen molar-refractivity contribution in [3.05, 3.63) is 0 Å². The van der Waals surface area contributed by atoms with Crippen LogP contribution in [0.25, 0.3) is 0 Å². The normalized spacial score (nSPS) is 57.9. The Balaban J connectivity index is 1.73. The van der Waals surface area contributed by atoms with Crippen LogP contribution in [0.15, 0.2) is 0 Å². The summed E-state index contributed by atoms with van der Waals surface area (Å²) in [5.74, 6) is 1.61. The van der Waals surface area contributed by atoms with Gasteiger partial charge in [0, 0.05) is 18.3 Å². The average Bonchev–Trinajstić information content (AvgIpc) is 2.84. The highest BCUT2D eigenvalue weighted by molar-refractivity contribution is 5.89. The highest BCUT2D eigenvalue weighted by Crippen LogP contribution is 2.66. The van der Waals surface area contributed by atoms with E-state index in [1.165, 1.54) is 25.7 Å². The van der Waals surface area contributed by atoms with Crippen LogP contribution in [0.1, 0.15) is 71.6 Å². The van der Waals surface area contributed by atoms with Crippen LogP contribution in [0.3, 0.4) is 0 Å². The van der Waals surface area contributed by atoms with E-state index in [1.54, 1.807) is 0 Å². The molecule has 4 fully saturated rings. The fourth-order valence-electron chi connectivity index (χ4n) is 7.01. The van der Waals surface area contributed by atoms with E-state index in [0.29, 0.717) is 29.6 Å². The van der Waals surface area contributed by atoms with E-state index >= 15 is 0 Å². The first-order chi connectivity index (χ1) is 10.3. The Morgan fingerprint density at radius 3 is 2.59 bits per heavy atom. The average molecular weight is 306 g/mol. The van der Waals surface area contributed by atoms with Gasteiger partial charge < -0.3 is 10.2 Å². The molecule has 0 spiro atoms. The van der Waals surface area contributed by atoms with E-state index in [1.807, 2.05) is 0 Å². The third kappa shape index (κ3) is 1.73. The van der Waals surface area contributed by atoms with Crippen molar-refractivity contribution in [2.24, 2.45) is 28.6 Å². The Morgan fingerprint density at radius 2 is 1.82 bits per heavy atom. The molecule has 2 N–H and O–H groups in total. The van der Waals surface area contributed by atoms with Crippen molar-refractivity contribution in [3.63, 3.8) is 0 Å². The summed E-state index contributed by atoms with van der Waals surface area (Å²) in [5, 5.41) is 21.2. The van der Waals surface area contributed by atoms with Crippen molar-refractivity contribution < 1.29 is 15.0 Å². The third-order valence-electron chi connectivity index (χ3n) is 8.39. The monoisotopic (exact) mass is 306 g/mol. The Kier molecular flexibility index (Phi) is 3.14. The molecule has 0 radical (unpaired) electrons. The van der Waals surface area contributed by atoms with Crippen molar-refractivity contribution in [3.8, 4) is 0 Å². The SMILES string of the molecule is C[C@]12CCCC1C1CC(=O)[C@]3(O)C[C@H](O)CC[C@@]3(C)C1CC2. The quantitative estimate of drug-likeness (QED) is 0.723. The summed E-state index contributed by atoms with van der Waals surface area (Å²) >= 11 is 0. The molecule has 0 aromatic rings. The molecule has 0 aliphatic heterocycles. The van der Waals surface area contributed by atoms with Crippen LogP contribution in [-0.4, -0.2) is 27.7 Å². The Hall–Kier alpha value is -0.410. The highest BCUT2D eigenvalue weighted by Gasteiger charge is 2.66. The minimum atomic E-state index is -1.28. The molecule has 0 aromatic carbocycles. The first kappa shape index (κ1) is 15.1. The smallest absolute Gasteiger partial charge is 0.165 e. The van der Waals surface area contributed by atoms with E-state index < -0.39 is 11.7 Å². The molecule has 0 heterocycles. The Morgan fingerprint density at radius 1 is 1.05 bits per heavy atom. The Bertz CT molecular complexity index is 503. The maximum Gasteiger partial charge on any atom is 0.165 e. The fraction of sp³-hybridized carbons (Fsp3) is 0.947. The number of hydrogen-bond donors (Lipinski definition) is 2. The third-order valence-corrected chi connectivity index (χ3v) is 8.39. The van der Waals surface area contributed by atoms with Crippen LogP contribution >= 0.6 is 0 Å². The summed E-state index contributed by atoms with van der Waals surface area (Å²) in [6, 6.07) is 0. The molecular weight excluding hydrogens is 276 g/mol. The van der Waals surface area contributed by atoms with Crippen LogP contribution < -0.4 is 0 Å². The van der Waals surface area contributed by atoms with Gasteiger partial charge in [0.05, 0.1) is 6.10 Å². The first-order valence-electron chi connectivity index (χ1n) is 9.24. The van der Waals surface area contributed by atoms with Crippen molar-refractivity contribution in [1.82, 2.24) is 0 Å². The van der Waals surface area contributed by atoms with Gasteiger partial charge in [0.25, 0.3) is 0 Å². The zero-order chi connectivity index (χ0) is 15.8. The van der Waals surface area contributed by atoms with Gasteiger partial charge in [0.2, 0.25) is 0 Å². The van der Waals surface area contributed by atoms with E-state index in [-0.39, 0.29) is 17.6 Å². The van der Waals surface area contributed by atoms with Crippen LogP contribution in [0, 0.1) is 28.6 Å². The van der Waals surface area contributed by atoms with Crippen LogP contribution in [-0.2, 0) is 4.79 Å². The molecule has 0 aromatic heterocycles. The lowest BCUT2D eigenvalue weighted by atomic mass is 9.43. The molecule has 4 aliphatic carbocycles. The minimum absolute atomic E-state index is 0.0196. The van der Waals surface area contributed by atoms with Crippen molar-refractivity contribution >= 4 is 5.78 Å². The molecule has 4 aliphatic rings. The topological polar surface area (TPSA) is 57.5 Å². The first-order valence-corrected chi connectivity index (χ1v) is 9.24. The number of carbonyl (C=O) groups is 1. The molecule has 4 rings (SSSR count). The number of ketones is 1. The minimum Gasteiger partial charge on any atom is -0.393 e. The molecule has 0 saturated heterocycles. The number of aliphatic hydroxyl groups is 2. The molecule has 3 nitrogen and oxygen atoms in total. The molecule has 3 unspecified atom stereocenters. The summed E-state index contributed by atoms with van der Waals surface area (Å²) in [4.78, 5) is 12.9. The second-order valence-corrected chi connectivity index (χ2v) is 9.26. The van der Waals surface area contributed by atoms with Gasteiger partial charge in [-0.05, 0) is 61.7 Å². The summed E-state index contributed by atoms with van der Waals surface area (Å²) in [6.07, 6.45) is 8.10. The van der Waals surface area contributed by atoms with Crippen LogP contribution in [0.5, 0.6) is 0 Å². The largest absolute Gasteiger partial charge is 0.393 e. The number of fused-ring (bicyclic) bond motifs is 5.